The number of piperidine rings is 1. The zero-order valence-electron chi connectivity index (χ0n) is 15.7. The molecular formula is C20H24N2O6. The minimum Gasteiger partial charge on any atom is -0.486 e. The smallest absolute Gasteiger partial charge is 0.240 e. The molecule has 1 spiro atoms. The van der Waals surface area contributed by atoms with Crippen molar-refractivity contribution < 1.29 is 28.5 Å². The molecule has 8 heteroatoms. The van der Waals surface area contributed by atoms with Gasteiger partial charge in [0.2, 0.25) is 11.8 Å². The number of fused-ring (bicyclic) bond motifs is 1. The van der Waals surface area contributed by atoms with Gasteiger partial charge in [-0.3, -0.25) is 9.59 Å². The number of ether oxygens (including phenoxy) is 4. The van der Waals surface area contributed by atoms with Gasteiger partial charge >= 0.3 is 0 Å². The number of benzene rings is 1. The van der Waals surface area contributed by atoms with E-state index in [0.717, 1.165) is 0 Å². The molecule has 3 aliphatic heterocycles. The summed E-state index contributed by atoms with van der Waals surface area (Å²) < 4.78 is 22.5. The summed E-state index contributed by atoms with van der Waals surface area (Å²) >= 11 is 0. The van der Waals surface area contributed by atoms with Gasteiger partial charge in [0.05, 0.1) is 13.2 Å². The van der Waals surface area contributed by atoms with Gasteiger partial charge in [0.15, 0.2) is 17.3 Å². The Balaban J connectivity index is 1.24. The average molecular weight is 388 g/mol. The van der Waals surface area contributed by atoms with Crippen LogP contribution in [-0.2, 0) is 19.1 Å². The number of likely N-dealkylation sites (tertiary alicyclic amines) is 1. The molecule has 3 heterocycles. The maximum Gasteiger partial charge on any atom is 0.240 e. The van der Waals surface area contributed by atoms with E-state index in [1.165, 1.54) is 0 Å². The summed E-state index contributed by atoms with van der Waals surface area (Å²) in [5, 5.41) is 2.89. The van der Waals surface area contributed by atoms with Crippen molar-refractivity contribution in [1.82, 2.24) is 4.90 Å². The van der Waals surface area contributed by atoms with Crippen molar-refractivity contribution in [1.29, 1.82) is 0 Å². The molecule has 3 fully saturated rings. The summed E-state index contributed by atoms with van der Waals surface area (Å²) in [6.07, 6.45) is 2.46. The third-order valence-electron chi connectivity index (χ3n) is 6.02. The van der Waals surface area contributed by atoms with Gasteiger partial charge in [-0.05, 0) is 25.0 Å². The van der Waals surface area contributed by atoms with Crippen LogP contribution < -0.4 is 14.8 Å². The van der Waals surface area contributed by atoms with Gasteiger partial charge in [0.1, 0.15) is 18.6 Å². The lowest BCUT2D eigenvalue weighted by Gasteiger charge is -2.38. The van der Waals surface area contributed by atoms with Crippen LogP contribution in [-0.4, -0.2) is 62.0 Å². The number of nitrogens with zero attached hydrogens (tertiary/aromatic N) is 1. The van der Waals surface area contributed by atoms with Crippen LogP contribution in [0.2, 0.25) is 0 Å². The number of carbonyl (C=O) groups is 2. The molecule has 28 heavy (non-hydrogen) atoms. The van der Waals surface area contributed by atoms with E-state index in [1.807, 2.05) is 0 Å². The van der Waals surface area contributed by atoms with Gasteiger partial charge in [0.25, 0.3) is 0 Å². The normalized spacial score (nSPS) is 24.1. The fourth-order valence-electron chi connectivity index (χ4n) is 4.17. The van der Waals surface area contributed by atoms with Crippen LogP contribution in [0.1, 0.15) is 25.7 Å². The summed E-state index contributed by atoms with van der Waals surface area (Å²) in [4.78, 5) is 27.8. The standard InChI is InChI=1S/C20H24N2O6/c23-17(21-14-1-2-15-16(13-14)26-10-9-25-15)19(3-4-19)18(24)22-7-5-20(6-8-22)27-11-12-28-20/h1-2,13H,3-12H2,(H,21,23). The first kappa shape index (κ1) is 17.8. The highest BCUT2D eigenvalue weighted by atomic mass is 16.7. The predicted octanol–water partition coefficient (Wildman–Crippen LogP) is 1.54. The number of nitrogens with one attached hydrogen (secondary N) is 1. The molecule has 8 nitrogen and oxygen atoms in total. The number of amides is 2. The molecule has 0 radical (unpaired) electrons. The van der Waals surface area contributed by atoms with Crippen molar-refractivity contribution in [2.45, 2.75) is 31.5 Å². The van der Waals surface area contributed by atoms with Crippen LogP contribution in [0.4, 0.5) is 5.69 Å². The highest BCUT2D eigenvalue weighted by Crippen LogP contribution is 2.49. The number of rotatable bonds is 3. The Morgan fingerprint density at radius 2 is 1.57 bits per heavy atom. The summed E-state index contributed by atoms with van der Waals surface area (Å²) in [5.41, 5.74) is -0.339. The third kappa shape index (κ3) is 3.00. The van der Waals surface area contributed by atoms with Crippen molar-refractivity contribution in [2.75, 3.05) is 44.8 Å². The van der Waals surface area contributed by atoms with Crippen LogP contribution in [0.3, 0.4) is 0 Å². The maximum atomic E-state index is 13.1. The Morgan fingerprint density at radius 1 is 0.893 bits per heavy atom. The maximum absolute atomic E-state index is 13.1. The van der Waals surface area contributed by atoms with Crippen LogP contribution in [0.25, 0.3) is 0 Å². The summed E-state index contributed by atoms with van der Waals surface area (Å²) in [7, 11) is 0. The second-order valence-corrected chi connectivity index (χ2v) is 7.79. The minimum absolute atomic E-state index is 0.0876. The molecule has 2 saturated heterocycles. The molecule has 2 amide bonds. The molecule has 1 N–H and O–H groups in total. The number of hydrogen-bond donors (Lipinski definition) is 1. The summed E-state index contributed by atoms with van der Waals surface area (Å²) in [6.45, 7) is 3.32. The Hall–Kier alpha value is -2.32. The van der Waals surface area contributed by atoms with E-state index in [0.29, 0.717) is 82.4 Å². The van der Waals surface area contributed by atoms with Crippen molar-refractivity contribution in [3.63, 3.8) is 0 Å². The van der Waals surface area contributed by atoms with Crippen LogP contribution in [0, 0.1) is 5.41 Å². The zero-order valence-corrected chi connectivity index (χ0v) is 15.7. The number of anilines is 1. The lowest BCUT2D eigenvalue weighted by molar-refractivity contribution is -0.188. The van der Waals surface area contributed by atoms with E-state index in [4.69, 9.17) is 18.9 Å². The van der Waals surface area contributed by atoms with Gasteiger partial charge < -0.3 is 29.2 Å². The van der Waals surface area contributed by atoms with E-state index in [-0.39, 0.29) is 11.8 Å². The Morgan fingerprint density at radius 3 is 2.25 bits per heavy atom. The molecule has 5 rings (SSSR count). The second kappa shape index (κ2) is 6.63. The Labute approximate surface area is 163 Å². The largest absolute Gasteiger partial charge is 0.486 e. The summed E-state index contributed by atoms with van der Waals surface area (Å²) in [5.74, 6) is 0.414. The Bertz CT molecular complexity index is 790. The molecule has 0 bridgehead atoms. The van der Waals surface area contributed by atoms with Crippen molar-refractivity contribution in [2.24, 2.45) is 5.41 Å². The lowest BCUT2D eigenvalue weighted by atomic mass is 9.98. The van der Waals surface area contributed by atoms with Gasteiger partial charge in [-0.1, -0.05) is 0 Å². The monoisotopic (exact) mass is 388 g/mol. The number of carbonyl (C=O) groups excluding carboxylic acids is 2. The molecule has 150 valence electrons. The highest BCUT2D eigenvalue weighted by Gasteiger charge is 2.58. The van der Waals surface area contributed by atoms with Crippen LogP contribution >= 0.6 is 0 Å². The quantitative estimate of drug-likeness (QED) is 0.791. The molecule has 0 unspecified atom stereocenters. The predicted molar refractivity (Wildman–Crippen MR) is 98.2 cm³/mol. The SMILES string of the molecule is O=C(Nc1ccc2c(c1)OCCO2)C1(C(=O)N2CCC3(CC2)OCCO3)CC1. The van der Waals surface area contributed by atoms with E-state index >= 15 is 0 Å². The van der Waals surface area contributed by atoms with Gasteiger partial charge in [0, 0.05) is 37.7 Å². The van der Waals surface area contributed by atoms with Gasteiger partial charge in [-0.2, -0.15) is 0 Å². The first-order chi connectivity index (χ1) is 13.6. The first-order valence-electron chi connectivity index (χ1n) is 9.89. The fourth-order valence-corrected chi connectivity index (χ4v) is 4.17. The van der Waals surface area contributed by atoms with E-state index in [2.05, 4.69) is 5.32 Å². The molecule has 1 aromatic rings. The zero-order chi connectivity index (χ0) is 19.2. The first-order valence-corrected chi connectivity index (χ1v) is 9.89. The molecule has 0 atom stereocenters. The highest BCUT2D eigenvalue weighted by molar-refractivity contribution is 6.13. The van der Waals surface area contributed by atoms with Crippen molar-refractivity contribution in [3.05, 3.63) is 18.2 Å². The van der Waals surface area contributed by atoms with Crippen molar-refractivity contribution >= 4 is 17.5 Å². The minimum atomic E-state index is -0.949. The molecule has 1 saturated carbocycles. The molecule has 1 aromatic carbocycles. The summed E-state index contributed by atoms with van der Waals surface area (Å²) in [6, 6.07) is 5.29. The van der Waals surface area contributed by atoms with E-state index < -0.39 is 11.2 Å². The molecule has 1 aliphatic carbocycles. The van der Waals surface area contributed by atoms with Crippen LogP contribution in [0.5, 0.6) is 11.5 Å². The lowest BCUT2D eigenvalue weighted by Crippen LogP contribution is -2.51. The van der Waals surface area contributed by atoms with Gasteiger partial charge in [-0.15, -0.1) is 0 Å². The Kier molecular flexibility index (Phi) is 4.21. The average Bonchev–Trinajstić information content (AvgIpc) is 3.43. The molecule has 4 aliphatic rings. The van der Waals surface area contributed by atoms with Crippen LogP contribution in [0.15, 0.2) is 18.2 Å². The van der Waals surface area contributed by atoms with E-state index in [9.17, 15) is 9.59 Å². The van der Waals surface area contributed by atoms with E-state index in [1.54, 1.807) is 23.1 Å². The fraction of sp³-hybridized carbons (Fsp3) is 0.600. The van der Waals surface area contributed by atoms with Gasteiger partial charge in [-0.25, -0.2) is 0 Å². The molecular weight excluding hydrogens is 364 g/mol. The second-order valence-electron chi connectivity index (χ2n) is 7.79. The van der Waals surface area contributed by atoms with Crippen molar-refractivity contribution in [3.8, 4) is 11.5 Å². The number of hydrogen-bond acceptors (Lipinski definition) is 6. The topological polar surface area (TPSA) is 86.3 Å². The third-order valence-corrected chi connectivity index (χ3v) is 6.02. The molecule has 0 aromatic heterocycles.